The highest BCUT2D eigenvalue weighted by molar-refractivity contribution is 5.75. The van der Waals surface area contributed by atoms with E-state index < -0.39 is 17.6 Å². The molecular weight excluding hydrogens is 296 g/mol. The number of halogens is 2. The van der Waals surface area contributed by atoms with E-state index in [1.165, 1.54) is 6.07 Å². The van der Waals surface area contributed by atoms with E-state index in [4.69, 9.17) is 9.84 Å². The number of nitrogens with one attached hydrogen (secondary N) is 1. The summed E-state index contributed by atoms with van der Waals surface area (Å²) in [5.41, 5.74) is 0. The largest absolute Gasteiger partial charge is 0.491 e. The van der Waals surface area contributed by atoms with E-state index in [1.54, 1.807) is 6.92 Å². The van der Waals surface area contributed by atoms with Gasteiger partial charge in [-0.15, -0.1) is 0 Å². The summed E-state index contributed by atoms with van der Waals surface area (Å²) < 4.78 is 31.1. The van der Waals surface area contributed by atoms with Crippen molar-refractivity contribution >= 4 is 11.9 Å². The van der Waals surface area contributed by atoms with Crippen LogP contribution in [0.15, 0.2) is 18.2 Å². The van der Waals surface area contributed by atoms with Gasteiger partial charge < -0.3 is 15.2 Å². The monoisotopic (exact) mass is 315 g/mol. The maximum Gasteiger partial charge on any atom is 0.303 e. The fourth-order valence-electron chi connectivity index (χ4n) is 1.75. The van der Waals surface area contributed by atoms with E-state index in [1.807, 2.05) is 0 Å². The van der Waals surface area contributed by atoms with Gasteiger partial charge >= 0.3 is 5.97 Å². The van der Waals surface area contributed by atoms with E-state index in [-0.39, 0.29) is 37.0 Å². The Morgan fingerprint density at radius 2 is 2.09 bits per heavy atom. The molecule has 0 radical (unpaired) electrons. The maximum absolute atomic E-state index is 13.3. The Morgan fingerprint density at radius 1 is 1.36 bits per heavy atom. The molecule has 122 valence electrons. The average Bonchev–Trinajstić information content (AvgIpc) is 2.42. The Morgan fingerprint density at radius 3 is 2.73 bits per heavy atom. The molecule has 0 aliphatic heterocycles. The van der Waals surface area contributed by atoms with E-state index in [0.717, 1.165) is 12.1 Å². The van der Waals surface area contributed by atoms with Gasteiger partial charge in [0.2, 0.25) is 5.91 Å². The molecule has 0 bridgehead atoms. The summed E-state index contributed by atoms with van der Waals surface area (Å²) in [6.07, 6.45) is 0.547. The van der Waals surface area contributed by atoms with Gasteiger partial charge in [-0.05, 0) is 24.5 Å². The Balaban J connectivity index is 2.18. The summed E-state index contributed by atoms with van der Waals surface area (Å²) in [5.74, 6) is -2.80. The standard InChI is InChI=1S/C15H19F2NO4/c1-10(7-15(20)21)9-18-14(19)3-2-6-22-13-5-4-11(16)8-12(13)17/h4-5,8,10H,2-3,6-7,9H2,1H3,(H,18,19)(H,20,21). The van der Waals surface area contributed by atoms with Crippen molar-refractivity contribution in [2.24, 2.45) is 5.92 Å². The minimum Gasteiger partial charge on any atom is -0.491 e. The molecule has 2 N–H and O–H groups in total. The SMILES string of the molecule is CC(CNC(=O)CCCOc1ccc(F)cc1F)CC(=O)O. The summed E-state index contributed by atoms with van der Waals surface area (Å²) in [6, 6.07) is 3.01. The van der Waals surface area contributed by atoms with Crippen LogP contribution in [0, 0.1) is 17.6 Å². The van der Waals surface area contributed by atoms with Gasteiger partial charge in [0.15, 0.2) is 11.6 Å². The molecule has 7 heteroatoms. The summed E-state index contributed by atoms with van der Waals surface area (Å²) in [4.78, 5) is 22.0. The number of carbonyl (C=O) groups is 2. The maximum atomic E-state index is 13.3. The quantitative estimate of drug-likeness (QED) is 0.686. The summed E-state index contributed by atoms with van der Waals surface area (Å²) >= 11 is 0. The third kappa shape index (κ3) is 7.01. The first-order valence-corrected chi connectivity index (χ1v) is 6.95. The number of carboxylic acid groups (broad SMARTS) is 1. The number of amides is 1. The van der Waals surface area contributed by atoms with Gasteiger partial charge in [0.1, 0.15) is 5.82 Å². The molecule has 0 aliphatic rings. The van der Waals surface area contributed by atoms with Crippen molar-refractivity contribution in [3.05, 3.63) is 29.8 Å². The number of hydrogen-bond acceptors (Lipinski definition) is 3. The number of hydrogen-bond donors (Lipinski definition) is 2. The summed E-state index contributed by atoms with van der Waals surface area (Å²) in [6.45, 7) is 2.15. The number of carbonyl (C=O) groups excluding carboxylic acids is 1. The lowest BCUT2D eigenvalue weighted by atomic mass is 10.1. The van der Waals surface area contributed by atoms with Gasteiger partial charge in [-0.2, -0.15) is 0 Å². The highest BCUT2D eigenvalue weighted by atomic mass is 19.1. The van der Waals surface area contributed by atoms with Gasteiger partial charge in [-0.3, -0.25) is 9.59 Å². The molecule has 0 saturated heterocycles. The highest BCUT2D eigenvalue weighted by Crippen LogP contribution is 2.17. The Hall–Kier alpha value is -2.18. The molecule has 0 aliphatic carbocycles. The molecule has 0 fully saturated rings. The average molecular weight is 315 g/mol. The predicted molar refractivity (Wildman–Crippen MR) is 75.5 cm³/mol. The van der Waals surface area contributed by atoms with E-state index in [0.29, 0.717) is 13.0 Å². The van der Waals surface area contributed by atoms with Crippen LogP contribution in [-0.2, 0) is 9.59 Å². The molecule has 1 amide bonds. The third-order valence-corrected chi connectivity index (χ3v) is 2.87. The van der Waals surface area contributed by atoms with Gasteiger partial charge in [0.05, 0.1) is 6.61 Å². The minimum absolute atomic E-state index is 0.00671. The Labute approximate surface area is 127 Å². The van der Waals surface area contributed by atoms with Crippen LogP contribution in [0.1, 0.15) is 26.2 Å². The normalized spacial score (nSPS) is 11.8. The molecule has 0 saturated carbocycles. The molecule has 5 nitrogen and oxygen atoms in total. The van der Waals surface area contributed by atoms with Gasteiger partial charge in [0.25, 0.3) is 0 Å². The minimum atomic E-state index is -0.906. The predicted octanol–water partition coefficient (Wildman–Crippen LogP) is 2.35. The lowest BCUT2D eigenvalue weighted by Gasteiger charge is -2.10. The second kappa shape index (κ2) is 8.96. The number of benzene rings is 1. The van der Waals surface area contributed by atoms with Crippen LogP contribution >= 0.6 is 0 Å². The first-order chi connectivity index (χ1) is 10.4. The van der Waals surface area contributed by atoms with Crippen molar-refractivity contribution in [1.29, 1.82) is 0 Å². The van der Waals surface area contributed by atoms with Crippen molar-refractivity contribution < 1.29 is 28.2 Å². The first-order valence-electron chi connectivity index (χ1n) is 6.95. The van der Waals surface area contributed by atoms with Crippen molar-refractivity contribution in [1.82, 2.24) is 5.32 Å². The highest BCUT2D eigenvalue weighted by Gasteiger charge is 2.09. The fourth-order valence-corrected chi connectivity index (χ4v) is 1.75. The van der Waals surface area contributed by atoms with E-state index >= 15 is 0 Å². The summed E-state index contributed by atoms with van der Waals surface area (Å²) in [5, 5.41) is 11.2. The van der Waals surface area contributed by atoms with E-state index in [9.17, 15) is 18.4 Å². The molecule has 0 heterocycles. The Kier molecular flexibility index (Phi) is 7.28. The Bertz CT molecular complexity index is 522. The lowest BCUT2D eigenvalue weighted by molar-refractivity contribution is -0.138. The molecule has 1 atom stereocenters. The topological polar surface area (TPSA) is 75.6 Å². The zero-order valence-corrected chi connectivity index (χ0v) is 12.3. The van der Waals surface area contributed by atoms with Gasteiger partial charge in [-0.1, -0.05) is 6.92 Å². The van der Waals surface area contributed by atoms with Crippen LogP contribution in [0.3, 0.4) is 0 Å². The zero-order chi connectivity index (χ0) is 16.5. The second-order valence-electron chi connectivity index (χ2n) is 5.03. The van der Waals surface area contributed by atoms with Crippen molar-refractivity contribution in [2.75, 3.05) is 13.2 Å². The van der Waals surface area contributed by atoms with Crippen LogP contribution in [0.25, 0.3) is 0 Å². The molecule has 0 aromatic heterocycles. The smallest absolute Gasteiger partial charge is 0.303 e. The molecule has 22 heavy (non-hydrogen) atoms. The van der Waals surface area contributed by atoms with Crippen LogP contribution in [0.4, 0.5) is 8.78 Å². The molecule has 1 aromatic carbocycles. The van der Waals surface area contributed by atoms with Crippen LogP contribution < -0.4 is 10.1 Å². The third-order valence-electron chi connectivity index (χ3n) is 2.87. The van der Waals surface area contributed by atoms with Gasteiger partial charge in [-0.25, -0.2) is 8.78 Å². The zero-order valence-electron chi connectivity index (χ0n) is 12.3. The number of aliphatic carboxylic acids is 1. The second-order valence-corrected chi connectivity index (χ2v) is 5.03. The van der Waals surface area contributed by atoms with Crippen molar-refractivity contribution in [3.63, 3.8) is 0 Å². The van der Waals surface area contributed by atoms with Gasteiger partial charge in [0, 0.05) is 25.5 Å². The molecule has 1 unspecified atom stereocenters. The number of rotatable bonds is 9. The fraction of sp³-hybridized carbons (Fsp3) is 0.467. The van der Waals surface area contributed by atoms with Crippen LogP contribution in [-0.4, -0.2) is 30.1 Å². The number of ether oxygens (including phenoxy) is 1. The molecule has 1 rings (SSSR count). The van der Waals surface area contributed by atoms with Crippen LogP contribution in [0.5, 0.6) is 5.75 Å². The lowest BCUT2D eigenvalue weighted by Crippen LogP contribution is -2.29. The van der Waals surface area contributed by atoms with Crippen LogP contribution in [0.2, 0.25) is 0 Å². The van der Waals surface area contributed by atoms with Crippen molar-refractivity contribution in [2.45, 2.75) is 26.2 Å². The van der Waals surface area contributed by atoms with Crippen molar-refractivity contribution in [3.8, 4) is 5.75 Å². The summed E-state index contributed by atoms with van der Waals surface area (Å²) in [7, 11) is 0. The molecule has 1 aromatic rings. The first kappa shape index (κ1) is 17.9. The molecular formula is C15H19F2NO4. The van der Waals surface area contributed by atoms with E-state index in [2.05, 4.69) is 5.32 Å². The molecule has 0 spiro atoms. The number of carboxylic acids is 1.